The summed E-state index contributed by atoms with van der Waals surface area (Å²) in [5.74, 6) is -3.93. The number of amides is 3. The molecule has 0 spiro atoms. The van der Waals surface area contributed by atoms with Gasteiger partial charge in [0, 0.05) is 25.3 Å². The molecule has 2 aromatic carbocycles. The number of nitrogens with one attached hydrogen (secondary N) is 2. The maximum atomic E-state index is 13.8. The fourth-order valence-corrected chi connectivity index (χ4v) is 3.93. The molecule has 3 aromatic rings. The summed E-state index contributed by atoms with van der Waals surface area (Å²) < 4.78 is 54.8. The average molecular weight is 483 g/mol. The number of carbonyl (C=O) groups excluding carboxylic acids is 2. The summed E-state index contributed by atoms with van der Waals surface area (Å²) in [4.78, 5) is 29.9. The van der Waals surface area contributed by atoms with Crippen LogP contribution < -0.4 is 16.4 Å². The van der Waals surface area contributed by atoms with Gasteiger partial charge in [-0.15, -0.1) is 0 Å². The summed E-state index contributed by atoms with van der Waals surface area (Å²) in [6, 6.07) is 7.69. The van der Waals surface area contributed by atoms with Crippen LogP contribution in [0.25, 0.3) is 10.2 Å². The van der Waals surface area contributed by atoms with Crippen molar-refractivity contribution in [2.45, 2.75) is 25.1 Å². The molecule has 0 fully saturated rings. The first-order valence-corrected chi connectivity index (χ1v) is 10.6. The van der Waals surface area contributed by atoms with Crippen LogP contribution in [0.5, 0.6) is 0 Å². The molecule has 3 rings (SSSR count). The number of anilines is 2. The molecule has 176 valence electrons. The molecule has 33 heavy (non-hydrogen) atoms. The van der Waals surface area contributed by atoms with E-state index in [1.165, 1.54) is 49.5 Å². The number of fused-ring (bicyclic) bond motifs is 1. The minimum atomic E-state index is -4.81. The number of likely N-dealkylation sites (N-methyl/N-ethyl adjacent to an activating group) is 1. The van der Waals surface area contributed by atoms with E-state index in [0.717, 1.165) is 16.2 Å². The molecule has 0 aliphatic carbocycles. The average Bonchev–Trinajstić information content (AvgIpc) is 3.14. The van der Waals surface area contributed by atoms with Crippen molar-refractivity contribution in [1.82, 2.24) is 9.88 Å². The van der Waals surface area contributed by atoms with E-state index in [2.05, 4.69) is 15.6 Å². The second-order valence-corrected chi connectivity index (χ2v) is 8.37. The zero-order valence-corrected chi connectivity index (χ0v) is 18.4. The molecule has 4 N–H and O–H groups in total. The van der Waals surface area contributed by atoms with Gasteiger partial charge in [0.2, 0.25) is 5.91 Å². The number of alkyl halides is 3. The van der Waals surface area contributed by atoms with E-state index >= 15 is 0 Å². The third-order valence-corrected chi connectivity index (χ3v) is 5.93. The Morgan fingerprint density at radius 3 is 2.42 bits per heavy atom. The number of halogens is 4. The lowest BCUT2D eigenvalue weighted by Crippen LogP contribution is -2.45. The molecule has 1 aromatic heterocycles. The Balaban J connectivity index is 1.83. The second kappa shape index (κ2) is 9.71. The molecule has 0 saturated heterocycles. The Kier molecular flexibility index (Phi) is 7.18. The standard InChI is InChI=1S/C21H21F4N5O2S/c1-11(10-26)30(2)18(31)17(21(23,24)25)12-3-8-15-16(9-12)33-20(28-15)29-19(32)27-14-6-4-13(22)5-7-14/h3-9,11,17H,10,26H2,1-2H3,(H2,27,28,29,32)/t11-,17-/m1/s1. The second-order valence-electron chi connectivity index (χ2n) is 7.34. The number of benzene rings is 2. The smallest absolute Gasteiger partial charge is 0.341 e. The number of hydrogen-bond donors (Lipinski definition) is 3. The largest absolute Gasteiger partial charge is 0.404 e. The Morgan fingerprint density at radius 2 is 1.82 bits per heavy atom. The normalized spacial score (nSPS) is 13.4. The van der Waals surface area contributed by atoms with Crippen LogP contribution in [0.2, 0.25) is 0 Å². The molecule has 1 heterocycles. The van der Waals surface area contributed by atoms with E-state index in [1.807, 2.05) is 0 Å². The molecule has 0 saturated carbocycles. The zero-order chi connectivity index (χ0) is 24.3. The van der Waals surface area contributed by atoms with E-state index in [9.17, 15) is 27.2 Å². The van der Waals surface area contributed by atoms with Gasteiger partial charge in [-0.1, -0.05) is 17.4 Å². The molecule has 7 nitrogen and oxygen atoms in total. The SMILES string of the molecule is C[C@H](CN)N(C)C(=O)[C@@H](c1ccc2nc(NC(=O)Nc3ccc(F)cc3)sc2c1)C(F)(F)F. The fourth-order valence-electron chi connectivity index (χ4n) is 3.02. The van der Waals surface area contributed by atoms with Crippen molar-refractivity contribution in [1.29, 1.82) is 0 Å². The Morgan fingerprint density at radius 1 is 1.15 bits per heavy atom. The summed E-state index contributed by atoms with van der Waals surface area (Å²) in [6.07, 6.45) is -4.81. The number of rotatable bonds is 6. The molecule has 0 unspecified atom stereocenters. The number of nitrogens with two attached hydrogens (primary N) is 1. The molecule has 2 atom stereocenters. The van der Waals surface area contributed by atoms with Gasteiger partial charge in [0.1, 0.15) is 5.82 Å². The van der Waals surface area contributed by atoms with Gasteiger partial charge in [-0.25, -0.2) is 14.2 Å². The number of carbonyl (C=O) groups is 2. The van der Waals surface area contributed by atoms with Crippen LogP contribution >= 0.6 is 11.3 Å². The third-order valence-electron chi connectivity index (χ3n) is 4.99. The van der Waals surface area contributed by atoms with Crippen molar-refractivity contribution in [2.24, 2.45) is 5.73 Å². The Labute approximate surface area is 190 Å². The van der Waals surface area contributed by atoms with Crippen LogP contribution in [0, 0.1) is 5.82 Å². The van der Waals surface area contributed by atoms with E-state index in [4.69, 9.17) is 5.73 Å². The van der Waals surface area contributed by atoms with Crippen molar-refractivity contribution < 1.29 is 27.2 Å². The molecular formula is C21H21F4N5O2S. The van der Waals surface area contributed by atoms with E-state index in [1.54, 1.807) is 6.92 Å². The van der Waals surface area contributed by atoms with Gasteiger partial charge in [-0.3, -0.25) is 10.1 Å². The van der Waals surface area contributed by atoms with Gasteiger partial charge < -0.3 is 16.0 Å². The van der Waals surface area contributed by atoms with Gasteiger partial charge in [-0.2, -0.15) is 13.2 Å². The zero-order valence-electron chi connectivity index (χ0n) is 17.6. The maximum absolute atomic E-state index is 13.8. The number of hydrogen-bond acceptors (Lipinski definition) is 5. The van der Waals surface area contributed by atoms with Gasteiger partial charge in [0.25, 0.3) is 0 Å². The van der Waals surface area contributed by atoms with Crippen LogP contribution in [0.3, 0.4) is 0 Å². The van der Waals surface area contributed by atoms with Crippen molar-refractivity contribution >= 4 is 44.3 Å². The lowest BCUT2D eigenvalue weighted by Gasteiger charge is -2.29. The Hall–Kier alpha value is -3.25. The van der Waals surface area contributed by atoms with Crippen molar-refractivity contribution in [2.75, 3.05) is 24.2 Å². The first kappa shape index (κ1) is 24.4. The van der Waals surface area contributed by atoms with Gasteiger partial charge >= 0.3 is 12.2 Å². The minimum Gasteiger partial charge on any atom is -0.341 e. The van der Waals surface area contributed by atoms with Crippen LogP contribution in [-0.2, 0) is 4.79 Å². The first-order chi connectivity index (χ1) is 15.5. The molecule has 12 heteroatoms. The van der Waals surface area contributed by atoms with Gasteiger partial charge in [-0.05, 0) is 48.9 Å². The molecule has 0 aliphatic heterocycles. The summed E-state index contributed by atoms with van der Waals surface area (Å²) >= 11 is 0.956. The lowest BCUT2D eigenvalue weighted by atomic mass is 9.96. The number of aromatic nitrogens is 1. The molecule has 0 bridgehead atoms. The van der Waals surface area contributed by atoms with E-state index < -0.39 is 35.9 Å². The fraction of sp³-hybridized carbons (Fsp3) is 0.286. The van der Waals surface area contributed by atoms with Crippen LogP contribution in [0.15, 0.2) is 42.5 Å². The summed E-state index contributed by atoms with van der Waals surface area (Å²) in [7, 11) is 1.28. The van der Waals surface area contributed by atoms with Crippen LogP contribution in [0.1, 0.15) is 18.4 Å². The van der Waals surface area contributed by atoms with Gasteiger partial charge in [0.05, 0.1) is 10.2 Å². The van der Waals surface area contributed by atoms with Crippen molar-refractivity contribution in [3.05, 3.63) is 53.8 Å². The highest BCUT2D eigenvalue weighted by atomic mass is 32.1. The monoisotopic (exact) mass is 483 g/mol. The minimum absolute atomic E-state index is 0.0235. The van der Waals surface area contributed by atoms with Crippen molar-refractivity contribution in [3.8, 4) is 0 Å². The van der Waals surface area contributed by atoms with Crippen molar-refractivity contribution in [3.63, 3.8) is 0 Å². The topological polar surface area (TPSA) is 100 Å². The Bertz CT molecular complexity index is 1150. The summed E-state index contributed by atoms with van der Waals surface area (Å²) in [6.45, 7) is 1.59. The lowest BCUT2D eigenvalue weighted by molar-refractivity contribution is -0.172. The molecule has 3 amide bonds. The maximum Gasteiger partial charge on any atom is 0.404 e. The number of thiazole rings is 1. The van der Waals surface area contributed by atoms with Crippen LogP contribution in [0.4, 0.5) is 33.2 Å². The highest BCUT2D eigenvalue weighted by Crippen LogP contribution is 2.38. The predicted molar refractivity (Wildman–Crippen MR) is 119 cm³/mol. The summed E-state index contributed by atoms with van der Waals surface area (Å²) in [5, 5.41) is 5.13. The molecule has 0 aliphatic rings. The quantitative estimate of drug-likeness (QED) is 0.449. The predicted octanol–water partition coefficient (Wildman–Crippen LogP) is 4.53. The molecular weight excluding hydrogens is 462 g/mol. The summed E-state index contributed by atoms with van der Waals surface area (Å²) in [5.41, 5.74) is 5.96. The first-order valence-electron chi connectivity index (χ1n) is 9.77. The third kappa shape index (κ3) is 5.76. The van der Waals surface area contributed by atoms with E-state index in [-0.39, 0.29) is 17.2 Å². The highest BCUT2D eigenvalue weighted by molar-refractivity contribution is 7.22. The van der Waals surface area contributed by atoms with Gasteiger partial charge in [0.15, 0.2) is 11.0 Å². The van der Waals surface area contributed by atoms with E-state index in [0.29, 0.717) is 15.9 Å². The number of urea groups is 1. The van der Waals surface area contributed by atoms with Crippen LogP contribution in [-0.4, -0.2) is 47.6 Å². The number of nitrogens with zero attached hydrogens (tertiary/aromatic N) is 2. The highest BCUT2D eigenvalue weighted by Gasteiger charge is 2.47. The molecule has 0 radical (unpaired) electrons.